The normalized spacial score (nSPS) is 17.9. The number of rotatable bonds is 1. The second-order valence-electron chi connectivity index (χ2n) is 4.06. The van der Waals surface area contributed by atoms with Gasteiger partial charge in [0.05, 0.1) is 0 Å². The van der Waals surface area contributed by atoms with Crippen molar-refractivity contribution in [2.75, 3.05) is 14.1 Å². The first-order valence-electron chi connectivity index (χ1n) is 5.21. The third kappa shape index (κ3) is 6.66. The van der Waals surface area contributed by atoms with Crippen molar-refractivity contribution >= 4 is 5.97 Å². The molecule has 0 aromatic carbocycles. The first-order valence-corrected chi connectivity index (χ1v) is 5.21. The molecule has 0 unspecified atom stereocenters. The molecule has 0 radical (unpaired) electrons. The maximum atomic E-state index is 10.6. The third-order valence-corrected chi connectivity index (χ3v) is 2.55. The summed E-state index contributed by atoms with van der Waals surface area (Å²) < 4.78 is 31.7. The van der Waals surface area contributed by atoms with E-state index in [0.29, 0.717) is 0 Å². The lowest BCUT2D eigenvalue weighted by Gasteiger charge is -2.27. The van der Waals surface area contributed by atoms with E-state index in [-0.39, 0.29) is 0 Å². The number of hydrogen-bond acceptors (Lipinski definition) is 2. The Morgan fingerprint density at radius 3 is 1.75 bits per heavy atom. The number of halogens is 3. The van der Waals surface area contributed by atoms with Crippen molar-refractivity contribution in [1.29, 1.82) is 0 Å². The molecule has 1 saturated carbocycles. The molecule has 1 aliphatic carbocycles. The summed E-state index contributed by atoms with van der Waals surface area (Å²) in [6.07, 6.45) is 2.12. The van der Waals surface area contributed by atoms with Crippen molar-refractivity contribution in [3.05, 3.63) is 0 Å². The monoisotopic (exact) mass is 241 g/mol. The van der Waals surface area contributed by atoms with Gasteiger partial charge in [0.15, 0.2) is 0 Å². The summed E-state index contributed by atoms with van der Waals surface area (Å²) in [6, 6.07) is 0.888. The molecule has 0 saturated heterocycles. The van der Waals surface area contributed by atoms with E-state index in [1.165, 1.54) is 32.1 Å². The van der Waals surface area contributed by atoms with Gasteiger partial charge in [0.1, 0.15) is 0 Å². The Balaban J connectivity index is 0.000000293. The Morgan fingerprint density at radius 2 is 1.56 bits per heavy atom. The lowest BCUT2D eigenvalue weighted by atomic mass is 9.95. The minimum Gasteiger partial charge on any atom is -0.475 e. The van der Waals surface area contributed by atoms with Gasteiger partial charge < -0.3 is 10.0 Å². The molecule has 1 N–H and O–H groups in total. The van der Waals surface area contributed by atoms with E-state index in [1.807, 2.05) is 0 Å². The molecule has 1 aliphatic rings. The smallest absolute Gasteiger partial charge is 0.475 e. The molecule has 0 bridgehead atoms. The van der Waals surface area contributed by atoms with Crippen molar-refractivity contribution in [2.45, 2.75) is 44.3 Å². The highest BCUT2D eigenvalue weighted by molar-refractivity contribution is 5.73. The zero-order chi connectivity index (χ0) is 12.8. The predicted molar refractivity (Wildman–Crippen MR) is 54.3 cm³/mol. The fourth-order valence-electron chi connectivity index (χ4n) is 1.60. The van der Waals surface area contributed by atoms with Crippen molar-refractivity contribution in [1.82, 2.24) is 4.90 Å². The lowest BCUT2D eigenvalue weighted by molar-refractivity contribution is -0.192. The molecule has 1 fully saturated rings. The minimum absolute atomic E-state index is 0.888. The zero-order valence-corrected chi connectivity index (χ0v) is 9.55. The van der Waals surface area contributed by atoms with Crippen LogP contribution in [-0.2, 0) is 4.79 Å². The van der Waals surface area contributed by atoms with Crippen LogP contribution in [0, 0.1) is 0 Å². The Morgan fingerprint density at radius 1 is 1.19 bits per heavy atom. The highest BCUT2D eigenvalue weighted by atomic mass is 19.4. The summed E-state index contributed by atoms with van der Waals surface area (Å²) in [5.74, 6) is -2.76. The standard InChI is InChI=1S/C8H17N.C2HF3O2/c1-9(2)8-6-4-3-5-7-8;3-2(4,5)1(6)7/h8H,3-7H2,1-2H3;(H,6,7). The van der Waals surface area contributed by atoms with E-state index in [2.05, 4.69) is 19.0 Å². The molecule has 1 rings (SSSR count). The van der Waals surface area contributed by atoms with Crippen LogP contribution >= 0.6 is 0 Å². The SMILES string of the molecule is CN(C)C1CCCCC1.O=C(O)C(F)(F)F. The molecule has 0 aromatic heterocycles. The van der Waals surface area contributed by atoms with Gasteiger partial charge in [-0.3, -0.25) is 0 Å². The summed E-state index contributed by atoms with van der Waals surface area (Å²) in [7, 11) is 4.38. The summed E-state index contributed by atoms with van der Waals surface area (Å²) in [5, 5.41) is 7.12. The molecule has 3 nitrogen and oxygen atoms in total. The van der Waals surface area contributed by atoms with Crippen LogP contribution in [0.2, 0.25) is 0 Å². The Labute approximate surface area is 93.2 Å². The maximum absolute atomic E-state index is 10.6. The zero-order valence-electron chi connectivity index (χ0n) is 9.55. The average molecular weight is 241 g/mol. The number of carbonyl (C=O) groups is 1. The second kappa shape index (κ2) is 6.73. The van der Waals surface area contributed by atoms with E-state index < -0.39 is 12.1 Å². The van der Waals surface area contributed by atoms with Gasteiger partial charge in [-0.25, -0.2) is 4.79 Å². The van der Waals surface area contributed by atoms with Crippen LogP contribution in [0.3, 0.4) is 0 Å². The largest absolute Gasteiger partial charge is 0.490 e. The maximum Gasteiger partial charge on any atom is 0.490 e. The highest BCUT2D eigenvalue weighted by Gasteiger charge is 2.38. The Bertz CT molecular complexity index is 211. The molecule has 96 valence electrons. The van der Waals surface area contributed by atoms with Crippen LogP contribution in [-0.4, -0.2) is 42.3 Å². The Hall–Kier alpha value is -0.780. The molecule has 0 aromatic rings. The first kappa shape index (κ1) is 15.2. The van der Waals surface area contributed by atoms with Crippen LogP contribution in [0.15, 0.2) is 0 Å². The van der Waals surface area contributed by atoms with Gasteiger partial charge in [-0.05, 0) is 26.9 Å². The van der Waals surface area contributed by atoms with Crippen LogP contribution in [0.5, 0.6) is 0 Å². The third-order valence-electron chi connectivity index (χ3n) is 2.55. The van der Waals surface area contributed by atoms with E-state index >= 15 is 0 Å². The van der Waals surface area contributed by atoms with Gasteiger partial charge in [0, 0.05) is 6.04 Å². The molecule has 0 spiro atoms. The fourth-order valence-corrected chi connectivity index (χ4v) is 1.60. The predicted octanol–water partition coefficient (Wildman–Crippen LogP) is 2.51. The number of alkyl halides is 3. The molecule has 0 aliphatic heterocycles. The molecule has 6 heteroatoms. The van der Waals surface area contributed by atoms with Crippen molar-refractivity contribution in [3.63, 3.8) is 0 Å². The number of carboxylic acids is 1. The van der Waals surface area contributed by atoms with Crippen LogP contribution in [0.4, 0.5) is 13.2 Å². The van der Waals surface area contributed by atoms with Gasteiger partial charge in [0.25, 0.3) is 0 Å². The summed E-state index contributed by atoms with van der Waals surface area (Å²) in [5.41, 5.74) is 0. The van der Waals surface area contributed by atoms with Crippen molar-refractivity contribution in [2.24, 2.45) is 0 Å². The molecule has 16 heavy (non-hydrogen) atoms. The van der Waals surface area contributed by atoms with Gasteiger partial charge in [0.2, 0.25) is 0 Å². The van der Waals surface area contributed by atoms with E-state index in [4.69, 9.17) is 9.90 Å². The number of carboxylic acid groups (broad SMARTS) is 1. The topological polar surface area (TPSA) is 40.5 Å². The minimum atomic E-state index is -5.08. The summed E-state index contributed by atoms with van der Waals surface area (Å²) >= 11 is 0. The highest BCUT2D eigenvalue weighted by Crippen LogP contribution is 2.20. The lowest BCUT2D eigenvalue weighted by Crippen LogP contribution is -2.29. The molecular formula is C10H18F3NO2. The van der Waals surface area contributed by atoms with Gasteiger partial charge in [-0.1, -0.05) is 19.3 Å². The average Bonchev–Trinajstić information content (AvgIpc) is 2.18. The Kier molecular flexibility index (Phi) is 6.40. The van der Waals surface area contributed by atoms with E-state index in [1.54, 1.807) is 0 Å². The quantitative estimate of drug-likeness (QED) is 0.766. The molecule has 0 heterocycles. The van der Waals surface area contributed by atoms with Gasteiger partial charge in [-0.2, -0.15) is 13.2 Å². The molecular weight excluding hydrogens is 223 g/mol. The van der Waals surface area contributed by atoms with Crippen LogP contribution < -0.4 is 0 Å². The van der Waals surface area contributed by atoms with Crippen molar-refractivity contribution in [3.8, 4) is 0 Å². The second-order valence-corrected chi connectivity index (χ2v) is 4.06. The van der Waals surface area contributed by atoms with Gasteiger partial charge in [-0.15, -0.1) is 0 Å². The van der Waals surface area contributed by atoms with Gasteiger partial charge >= 0.3 is 12.1 Å². The van der Waals surface area contributed by atoms with Crippen molar-refractivity contribution < 1.29 is 23.1 Å². The first-order chi connectivity index (χ1) is 7.25. The number of aliphatic carboxylic acids is 1. The summed E-state index contributed by atoms with van der Waals surface area (Å²) in [6.45, 7) is 0. The number of nitrogens with zero attached hydrogens (tertiary/aromatic N) is 1. The van der Waals surface area contributed by atoms with E-state index in [9.17, 15) is 13.2 Å². The number of hydrogen-bond donors (Lipinski definition) is 1. The van der Waals surface area contributed by atoms with E-state index in [0.717, 1.165) is 6.04 Å². The fraction of sp³-hybridized carbons (Fsp3) is 0.900. The summed E-state index contributed by atoms with van der Waals surface area (Å²) in [4.78, 5) is 11.3. The van der Waals surface area contributed by atoms with Crippen LogP contribution in [0.25, 0.3) is 0 Å². The molecule has 0 atom stereocenters. The van der Waals surface area contributed by atoms with Crippen LogP contribution in [0.1, 0.15) is 32.1 Å². The molecule has 0 amide bonds.